The van der Waals surface area contributed by atoms with Crippen LogP contribution in [0.4, 0.5) is 5.95 Å². The third-order valence-corrected chi connectivity index (χ3v) is 2.86. The van der Waals surface area contributed by atoms with Crippen molar-refractivity contribution in [3.63, 3.8) is 0 Å². The zero-order valence-electron chi connectivity index (χ0n) is 11.5. The molecule has 0 unspecified atom stereocenters. The van der Waals surface area contributed by atoms with Gasteiger partial charge in [-0.05, 0) is 33.7 Å². The van der Waals surface area contributed by atoms with Gasteiger partial charge >= 0.3 is 0 Å². The molecule has 1 heterocycles. The lowest BCUT2D eigenvalue weighted by Crippen LogP contribution is -2.25. The second-order valence-corrected chi connectivity index (χ2v) is 4.13. The average Bonchev–Trinajstić information content (AvgIpc) is 2.33. The van der Waals surface area contributed by atoms with Crippen molar-refractivity contribution in [2.75, 3.05) is 24.5 Å². The van der Waals surface area contributed by atoms with E-state index in [0.29, 0.717) is 0 Å². The number of nitrogens with one attached hydrogen (secondary N) is 1. The monoisotopic (exact) mass is 236 g/mol. The van der Waals surface area contributed by atoms with Gasteiger partial charge in [-0.1, -0.05) is 6.92 Å². The summed E-state index contributed by atoms with van der Waals surface area (Å²) in [6.45, 7) is 12.3. The van der Waals surface area contributed by atoms with Crippen molar-refractivity contribution in [3.05, 3.63) is 17.5 Å². The van der Waals surface area contributed by atoms with Crippen LogP contribution in [-0.2, 0) is 6.54 Å². The van der Waals surface area contributed by atoms with Gasteiger partial charge in [-0.2, -0.15) is 0 Å². The third kappa shape index (κ3) is 3.97. The minimum Gasteiger partial charge on any atom is -0.341 e. The zero-order chi connectivity index (χ0) is 12.7. The Morgan fingerprint density at radius 1 is 1.24 bits per heavy atom. The van der Waals surface area contributed by atoms with Gasteiger partial charge in [-0.25, -0.2) is 9.97 Å². The number of hydrogen-bond donors (Lipinski definition) is 1. The number of anilines is 1. The van der Waals surface area contributed by atoms with Crippen molar-refractivity contribution in [1.29, 1.82) is 0 Å². The average molecular weight is 236 g/mol. The molecule has 0 spiro atoms. The summed E-state index contributed by atoms with van der Waals surface area (Å²) in [5, 5.41) is 3.38. The van der Waals surface area contributed by atoms with Crippen LogP contribution in [0, 0.1) is 6.92 Å². The fourth-order valence-electron chi connectivity index (χ4n) is 1.71. The minimum atomic E-state index is 0.840. The van der Waals surface area contributed by atoms with Crippen LogP contribution >= 0.6 is 0 Å². The van der Waals surface area contributed by atoms with Gasteiger partial charge in [0.25, 0.3) is 0 Å². The lowest BCUT2D eigenvalue weighted by Gasteiger charge is -2.19. The maximum absolute atomic E-state index is 4.57. The topological polar surface area (TPSA) is 41.1 Å². The number of nitrogens with zero attached hydrogens (tertiary/aromatic N) is 3. The van der Waals surface area contributed by atoms with Crippen LogP contribution in [0.25, 0.3) is 0 Å². The summed E-state index contributed by atoms with van der Waals surface area (Å²) < 4.78 is 0. The Morgan fingerprint density at radius 2 is 1.94 bits per heavy atom. The van der Waals surface area contributed by atoms with Crippen LogP contribution in [0.3, 0.4) is 0 Å². The van der Waals surface area contributed by atoms with Crippen molar-refractivity contribution < 1.29 is 0 Å². The number of rotatable bonds is 7. The van der Waals surface area contributed by atoms with Crippen molar-refractivity contribution in [2.45, 2.75) is 40.7 Å². The molecule has 0 radical (unpaired) electrons. The molecule has 0 aliphatic carbocycles. The molecule has 4 nitrogen and oxygen atoms in total. The Hall–Kier alpha value is -1.16. The van der Waals surface area contributed by atoms with Crippen LogP contribution in [0.1, 0.15) is 38.4 Å². The Kier molecular flexibility index (Phi) is 5.91. The summed E-state index contributed by atoms with van der Waals surface area (Å²) >= 11 is 0. The molecule has 1 rings (SSSR count). The maximum atomic E-state index is 4.57. The number of hydrogen-bond acceptors (Lipinski definition) is 4. The first-order valence-electron chi connectivity index (χ1n) is 6.51. The molecule has 0 aliphatic heterocycles. The summed E-state index contributed by atoms with van der Waals surface area (Å²) in [6.07, 6.45) is 3.09. The van der Waals surface area contributed by atoms with E-state index < -0.39 is 0 Å². The van der Waals surface area contributed by atoms with Crippen LogP contribution in [-0.4, -0.2) is 29.6 Å². The summed E-state index contributed by atoms with van der Waals surface area (Å²) in [6, 6.07) is 0. The molecule has 0 aromatic carbocycles. The van der Waals surface area contributed by atoms with E-state index in [-0.39, 0.29) is 0 Å². The molecule has 1 aromatic rings. The predicted octanol–water partition coefficient (Wildman–Crippen LogP) is 2.13. The molecule has 0 fully saturated rings. The van der Waals surface area contributed by atoms with Crippen LogP contribution < -0.4 is 10.2 Å². The van der Waals surface area contributed by atoms with E-state index in [1.807, 2.05) is 6.20 Å². The Bertz CT molecular complexity index is 334. The van der Waals surface area contributed by atoms with Gasteiger partial charge in [0, 0.05) is 37.1 Å². The van der Waals surface area contributed by atoms with Gasteiger partial charge in [0.15, 0.2) is 0 Å². The summed E-state index contributed by atoms with van der Waals surface area (Å²) in [4.78, 5) is 11.2. The van der Waals surface area contributed by atoms with E-state index in [1.165, 1.54) is 5.56 Å². The molecule has 0 amide bonds. The van der Waals surface area contributed by atoms with E-state index in [4.69, 9.17) is 0 Å². The van der Waals surface area contributed by atoms with E-state index >= 15 is 0 Å². The van der Waals surface area contributed by atoms with Crippen molar-refractivity contribution in [1.82, 2.24) is 15.3 Å². The van der Waals surface area contributed by atoms with Gasteiger partial charge in [-0.3, -0.25) is 0 Å². The molecule has 1 N–H and O–H groups in total. The van der Waals surface area contributed by atoms with Gasteiger partial charge < -0.3 is 10.2 Å². The first-order chi connectivity index (χ1) is 8.22. The number of aromatic nitrogens is 2. The summed E-state index contributed by atoms with van der Waals surface area (Å²) in [7, 11) is 0. The van der Waals surface area contributed by atoms with Crippen LogP contribution in [0.5, 0.6) is 0 Å². The first-order valence-corrected chi connectivity index (χ1v) is 6.51. The van der Waals surface area contributed by atoms with E-state index in [0.717, 1.165) is 44.2 Å². The molecule has 96 valence electrons. The Morgan fingerprint density at radius 3 is 2.47 bits per heavy atom. The molecule has 0 bridgehead atoms. The summed E-state index contributed by atoms with van der Waals surface area (Å²) in [5.74, 6) is 0.840. The molecule has 0 saturated heterocycles. The molecular weight excluding hydrogens is 212 g/mol. The molecule has 17 heavy (non-hydrogen) atoms. The molecular formula is C13H24N4. The third-order valence-electron chi connectivity index (χ3n) is 2.86. The van der Waals surface area contributed by atoms with Gasteiger partial charge in [0.1, 0.15) is 0 Å². The van der Waals surface area contributed by atoms with Gasteiger partial charge in [0.05, 0.1) is 0 Å². The molecule has 4 heteroatoms. The second kappa shape index (κ2) is 7.22. The fraction of sp³-hybridized carbons (Fsp3) is 0.692. The Labute approximate surface area is 104 Å². The summed E-state index contributed by atoms with van der Waals surface area (Å²) in [5.41, 5.74) is 2.26. The number of aryl methyl sites for hydroxylation is 1. The van der Waals surface area contributed by atoms with Gasteiger partial charge in [-0.15, -0.1) is 0 Å². The second-order valence-electron chi connectivity index (χ2n) is 4.13. The van der Waals surface area contributed by atoms with Crippen LogP contribution in [0.2, 0.25) is 0 Å². The standard InChI is InChI=1S/C13H24N4/c1-5-8-14-9-12-10-15-13(16-11(12)4)17(6-2)7-3/h10,14H,5-9H2,1-4H3. The van der Waals surface area contributed by atoms with Crippen molar-refractivity contribution in [3.8, 4) is 0 Å². The molecule has 1 aromatic heterocycles. The minimum absolute atomic E-state index is 0.840. The maximum Gasteiger partial charge on any atom is 0.225 e. The normalized spacial score (nSPS) is 10.6. The predicted molar refractivity (Wildman–Crippen MR) is 72.3 cm³/mol. The lowest BCUT2D eigenvalue weighted by atomic mass is 10.2. The van der Waals surface area contributed by atoms with E-state index in [1.54, 1.807) is 0 Å². The highest BCUT2D eigenvalue weighted by Crippen LogP contribution is 2.10. The SMILES string of the molecule is CCCNCc1cnc(N(CC)CC)nc1C. The van der Waals surface area contributed by atoms with E-state index in [9.17, 15) is 0 Å². The highest BCUT2D eigenvalue weighted by atomic mass is 15.2. The largest absolute Gasteiger partial charge is 0.341 e. The van der Waals surface area contributed by atoms with Crippen molar-refractivity contribution in [2.24, 2.45) is 0 Å². The molecule has 0 atom stereocenters. The van der Waals surface area contributed by atoms with Gasteiger partial charge in [0.2, 0.25) is 5.95 Å². The smallest absolute Gasteiger partial charge is 0.225 e. The zero-order valence-corrected chi connectivity index (χ0v) is 11.5. The lowest BCUT2D eigenvalue weighted by molar-refractivity contribution is 0.667. The molecule has 0 aliphatic rings. The van der Waals surface area contributed by atoms with E-state index in [2.05, 4.69) is 47.9 Å². The molecule has 0 saturated carbocycles. The van der Waals surface area contributed by atoms with Crippen LogP contribution in [0.15, 0.2) is 6.20 Å². The highest BCUT2D eigenvalue weighted by molar-refractivity contribution is 5.32. The highest BCUT2D eigenvalue weighted by Gasteiger charge is 2.07. The fourth-order valence-corrected chi connectivity index (χ4v) is 1.71. The van der Waals surface area contributed by atoms with Crippen molar-refractivity contribution >= 4 is 5.95 Å². The Balaban J connectivity index is 2.71. The quantitative estimate of drug-likeness (QED) is 0.736. The first kappa shape index (κ1) is 13.9.